The van der Waals surface area contributed by atoms with Gasteiger partial charge in [0.05, 0.1) is 12.2 Å². The molecule has 0 saturated carbocycles. The average molecular weight is 317 g/mol. The Bertz CT molecular complexity index is 703. The number of aromatic nitrogens is 3. The van der Waals surface area contributed by atoms with E-state index in [0.717, 1.165) is 31.6 Å². The highest BCUT2D eigenvalue weighted by molar-refractivity contribution is 5.22. The van der Waals surface area contributed by atoms with Gasteiger partial charge in [0, 0.05) is 18.5 Å². The molecule has 122 valence electrons. The van der Waals surface area contributed by atoms with E-state index < -0.39 is 0 Å². The summed E-state index contributed by atoms with van der Waals surface area (Å²) in [5, 5.41) is 4.53. The Morgan fingerprint density at radius 3 is 3.00 bits per heavy atom. The minimum atomic E-state index is -0.311. The predicted molar refractivity (Wildman–Crippen MR) is 81.7 cm³/mol. The molecule has 2 saturated heterocycles. The number of ether oxygens (including phenoxy) is 2. The monoisotopic (exact) mass is 317 g/mol. The van der Waals surface area contributed by atoms with Gasteiger partial charge in [0.1, 0.15) is 24.0 Å². The normalized spacial score (nSPS) is 25.9. The Kier molecular flexibility index (Phi) is 3.77. The van der Waals surface area contributed by atoms with Crippen molar-refractivity contribution in [1.82, 2.24) is 14.8 Å². The molecule has 0 unspecified atom stereocenters. The average Bonchev–Trinajstić information content (AvgIpc) is 3.27. The summed E-state index contributed by atoms with van der Waals surface area (Å²) < 4.78 is 26.7. The topological polar surface area (TPSA) is 49.2 Å². The second kappa shape index (κ2) is 5.92. The molecule has 1 aromatic carbocycles. The fourth-order valence-electron chi connectivity index (χ4n) is 3.59. The third kappa shape index (κ3) is 2.83. The van der Waals surface area contributed by atoms with E-state index in [0.29, 0.717) is 23.6 Å². The highest BCUT2D eigenvalue weighted by atomic mass is 19.1. The van der Waals surface area contributed by atoms with Crippen molar-refractivity contribution in [3.8, 4) is 5.75 Å². The fraction of sp³-hybridized carbons (Fsp3) is 0.529. The van der Waals surface area contributed by atoms with E-state index >= 15 is 0 Å². The first kappa shape index (κ1) is 14.6. The fourth-order valence-corrected chi connectivity index (χ4v) is 3.59. The lowest BCUT2D eigenvalue weighted by Gasteiger charge is -2.17. The third-order valence-corrected chi connectivity index (χ3v) is 4.65. The van der Waals surface area contributed by atoms with Crippen LogP contribution in [0.2, 0.25) is 0 Å². The van der Waals surface area contributed by atoms with Crippen molar-refractivity contribution in [2.75, 3.05) is 0 Å². The zero-order valence-corrected chi connectivity index (χ0v) is 13.1. The minimum absolute atomic E-state index is 0.241. The summed E-state index contributed by atoms with van der Waals surface area (Å²) in [5.74, 6) is 2.15. The van der Waals surface area contributed by atoms with E-state index in [-0.39, 0.29) is 18.5 Å². The van der Waals surface area contributed by atoms with E-state index in [1.165, 1.54) is 12.1 Å². The smallest absolute Gasteiger partial charge is 0.188 e. The van der Waals surface area contributed by atoms with Crippen LogP contribution in [-0.2, 0) is 17.9 Å². The highest BCUT2D eigenvalue weighted by Crippen LogP contribution is 2.43. The molecule has 2 aromatic rings. The van der Waals surface area contributed by atoms with Gasteiger partial charge in [-0.05, 0) is 38.3 Å². The molecule has 0 spiro atoms. The van der Waals surface area contributed by atoms with Crippen molar-refractivity contribution >= 4 is 0 Å². The molecule has 23 heavy (non-hydrogen) atoms. The molecule has 1 aromatic heterocycles. The summed E-state index contributed by atoms with van der Waals surface area (Å²) in [6, 6.07) is 6.11. The first-order chi connectivity index (χ1) is 11.2. The molecule has 0 amide bonds. The van der Waals surface area contributed by atoms with Crippen LogP contribution in [-0.4, -0.2) is 27.0 Å². The van der Waals surface area contributed by atoms with Crippen molar-refractivity contribution in [2.24, 2.45) is 0 Å². The van der Waals surface area contributed by atoms with Crippen molar-refractivity contribution in [3.63, 3.8) is 0 Å². The number of hydrogen-bond acceptors (Lipinski definition) is 4. The molecule has 4 rings (SSSR count). The van der Waals surface area contributed by atoms with Crippen molar-refractivity contribution in [2.45, 2.75) is 57.5 Å². The number of hydrogen-bond donors (Lipinski definition) is 0. The zero-order valence-electron chi connectivity index (χ0n) is 13.1. The molecule has 3 atom stereocenters. The quantitative estimate of drug-likeness (QED) is 0.850. The lowest BCUT2D eigenvalue weighted by molar-refractivity contribution is 0.0994. The molecule has 0 aliphatic carbocycles. The minimum Gasteiger partial charge on any atom is -0.485 e. The number of aryl methyl sites for hydroxylation is 1. The lowest BCUT2D eigenvalue weighted by atomic mass is 9.88. The SMILES string of the molecule is CCn1nc(COc2cccc(F)c2)nc1[C@@H]1C[C@@H]2CC[C@H]1O2. The summed E-state index contributed by atoms with van der Waals surface area (Å²) in [4.78, 5) is 4.67. The summed E-state index contributed by atoms with van der Waals surface area (Å²) in [6.07, 6.45) is 3.98. The standard InChI is InChI=1S/C17H20FN3O2/c1-2-21-17(14-9-13-6-7-15(14)23-13)19-16(20-21)10-22-12-5-3-4-11(18)8-12/h3-5,8,13-15H,2,6-7,9-10H2,1H3/t13-,14+,15+/m0/s1. The van der Waals surface area contributed by atoms with Crippen LogP contribution in [0.5, 0.6) is 5.75 Å². The van der Waals surface area contributed by atoms with Gasteiger partial charge in [-0.1, -0.05) is 6.07 Å². The van der Waals surface area contributed by atoms with Crippen LogP contribution in [0.25, 0.3) is 0 Å². The van der Waals surface area contributed by atoms with Gasteiger partial charge in [-0.3, -0.25) is 0 Å². The highest BCUT2D eigenvalue weighted by Gasteiger charge is 2.43. The summed E-state index contributed by atoms with van der Waals surface area (Å²) in [7, 11) is 0. The summed E-state index contributed by atoms with van der Waals surface area (Å²) >= 11 is 0. The molecule has 0 N–H and O–H groups in total. The second-order valence-electron chi connectivity index (χ2n) is 6.16. The molecule has 2 aliphatic heterocycles. The van der Waals surface area contributed by atoms with Gasteiger partial charge in [-0.25, -0.2) is 14.1 Å². The first-order valence-electron chi connectivity index (χ1n) is 8.20. The lowest BCUT2D eigenvalue weighted by Crippen LogP contribution is -2.19. The van der Waals surface area contributed by atoms with Crippen LogP contribution < -0.4 is 4.74 Å². The maximum absolute atomic E-state index is 13.2. The van der Waals surface area contributed by atoms with Gasteiger partial charge in [0.15, 0.2) is 5.82 Å². The summed E-state index contributed by atoms with van der Waals surface area (Å²) in [6.45, 7) is 3.07. The van der Waals surface area contributed by atoms with Gasteiger partial charge >= 0.3 is 0 Å². The largest absolute Gasteiger partial charge is 0.485 e. The first-order valence-corrected chi connectivity index (χ1v) is 8.20. The molecule has 2 bridgehead atoms. The van der Waals surface area contributed by atoms with E-state index in [2.05, 4.69) is 17.0 Å². The van der Waals surface area contributed by atoms with Crippen molar-refractivity contribution < 1.29 is 13.9 Å². The molecular formula is C17H20FN3O2. The Balaban J connectivity index is 1.49. The van der Waals surface area contributed by atoms with Gasteiger partial charge in [0.2, 0.25) is 0 Å². The van der Waals surface area contributed by atoms with Gasteiger partial charge in [0.25, 0.3) is 0 Å². The van der Waals surface area contributed by atoms with Crippen LogP contribution >= 0.6 is 0 Å². The number of fused-ring (bicyclic) bond motifs is 2. The zero-order chi connectivity index (χ0) is 15.8. The number of rotatable bonds is 5. The van der Waals surface area contributed by atoms with Gasteiger partial charge < -0.3 is 9.47 Å². The number of nitrogens with zero attached hydrogens (tertiary/aromatic N) is 3. The molecule has 5 nitrogen and oxygen atoms in total. The Hall–Kier alpha value is -1.95. The van der Waals surface area contributed by atoms with Crippen LogP contribution in [0, 0.1) is 5.82 Å². The van der Waals surface area contributed by atoms with Crippen LogP contribution in [0.3, 0.4) is 0 Å². The molecule has 0 radical (unpaired) electrons. The van der Waals surface area contributed by atoms with Crippen LogP contribution in [0.15, 0.2) is 24.3 Å². The molecule has 2 fully saturated rings. The van der Waals surface area contributed by atoms with E-state index in [4.69, 9.17) is 9.47 Å². The maximum atomic E-state index is 13.2. The molecule has 6 heteroatoms. The summed E-state index contributed by atoms with van der Waals surface area (Å²) in [5.41, 5.74) is 0. The van der Waals surface area contributed by atoms with E-state index in [1.807, 2.05) is 4.68 Å². The predicted octanol–water partition coefficient (Wildman–Crippen LogP) is 3.05. The number of benzene rings is 1. The van der Waals surface area contributed by atoms with Gasteiger partial charge in [-0.15, -0.1) is 0 Å². The van der Waals surface area contributed by atoms with E-state index in [9.17, 15) is 4.39 Å². The Morgan fingerprint density at radius 2 is 2.30 bits per heavy atom. The molecule has 2 aliphatic rings. The molecular weight excluding hydrogens is 297 g/mol. The van der Waals surface area contributed by atoms with Crippen LogP contribution in [0.4, 0.5) is 4.39 Å². The van der Waals surface area contributed by atoms with Gasteiger partial charge in [-0.2, -0.15) is 5.10 Å². The Labute approximate surface area is 134 Å². The maximum Gasteiger partial charge on any atom is 0.188 e. The second-order valence-corrected chi connectivity index (χ2v) is 6.16. The van der Waals surface area contributed by atoms with Crippen LogP contribution in [0.1, 0.15) is 43.8 Å². The van der Waals surface area contributed by atoms with E-state index in [1.54, 1.807) is 12.1 Å². The Morgan fingerprint density at radius 1 is 1.39 bits per heavy atom. The van der Waals surface area contributed by atoms with Crippen molar-refractivity contribution in [1.29, 1.82) is 0 Å². The van der Waals surface area contributed by atoms with Crippen molar-refractivity contribution in [3.05, 3.63) is 41.7 Å². The third-order valence-electron chi connectivity index (χ3n) is 4.65. The number of halogens is 1. The molecule has 3 heterocycles.